The number of hydrogen-bond acceptors (Lipinski definition) is 5. The van der Waals surface area contributed by atoms with Crippen LogP contribution >= 0.6 is 0 Å². The molecule has 0 aromatic heterocycles. The maximum absolute atomic E-state index is 12.4. The van der Waals surface area contributed by atoms with Crippen molar-refractivity contribution in [3.63, 3.8) is 0 Å². The third kappa shape index (κ3) is 2.62. The number of rotatable bonds is 4. The summed E-state index contributed by atoms with van der Waals surface area (Å²) in [5, 5.41) is 8.85. The fourth-order valence-electron chi connectivity index (χ4n) is 1.35. The number of alkyl halides is 3. The highest BCUT2D eigenvalue weighted by atomic mass is 32.2. The molecule has 0 aliphatic rings. The molecule has 1 rings (SSSR count). The zero-order valence-electron chi connectivity index (χ0n) is 9.89. The van der Waals surface area contributed by atoms with Gasteiger partial charge in [-0.25, -0.2) is 13.2 Å². The van der Waals surface area contributed by atoms with E-state index in [1.165, 1.54) is 0 Å². The van der Waals surface area contributed by atoms with Crippen molar-refractivity contribution in [1.29, 1.82) is 0 Å². The summed E-state index contributed by atoms with van der Waals surface area (Å²) in [5.74, 6) is -1.89. The quantitative estimate of drug-likeness (QED) is 0.728. The van der Waals surface area contributed by atoms with Crippen molar-refractivity contribution in [1.82, 2.24) is 0 Å². The van der Waals surface area contributed by atoms with Crippen LogP contribution in [0.15, 0.2) is 29.2 Å². The van der Waals surface area contributed by atoms with E-state index in [9.17, 15) is 26.4 Å². The first-order valence-corrected chi connectivity index (χ1v) is 6.59. The molecule has 0 bridgehead atoms. The summed E-state index contributed by atoms with van der Waals surface area (Å²) in [5.41, 5.74) is 9.24. The lowest BCUT2D eigenvalue weighted by atomic mass is 10.2. The first-order valence-electron chi connectivity index (χ1n) is 5.11. The Morgan fingerprint density at radius 1 is 1.20 bits per heavy atom. The Labute approximate surface area is 112 Å². The fraction of sp³-hybridized carbons (Fsp3) is 0.300. The maximum atomic E-state index is 12.4. The SMILES string of the molecule is NCC(N)(C(=O)O)S(=O)(=O)c1ccc(C(F)(F)F)cc1. The van der Waals surface area contributed by atoms with Crippen molar-refractivity contribution in [3.8, 4) is 0 Å². The molecule has 1 unspecified atom stereocenters. The summed E-state index contributed by atoms with van der Waals surface area (Å²) in [6.45, 7) is -0.925. The molecule has 1 aromatic carbocycles. The van der Waals surface area contributed by atoms with Gasteiger partial charge in [0.1, 0.15) is 0 Å². The summed E-state index contributed by atoms with van der Waals surface area (Å²) in [7, 11) is -4.63. The minimum absolute atomic E-state index is 0.520. The molecule has 0 fully saturated rings. The van der Waals surface area contributed by atoms with Crippen LogP contribution in [0, 0.1) is 0 Å². The van der Waals surface area contributed by atoms with Gasteiger partial charge in [-0.05, 0) is 24.3 Å². The molecule has 5 N–H and O–H groups in total. The molecule has 10 heteroatoms. The highest BCUT2D eigenvalue weighted by molar-refractivity contribution is 7.93. The second-order valence-corrected chi connectivity index (χ2v) is 6.13. The molecular weight excluding hydrogens is 301 g/mol. The number of hydrogen-bond donors (Lipinski definition) is 3. The summed E-state index contributed by atoms with van der Waals surface area (Å²) >= 11 is 0. The number of carboxylic acid groups (broad SMARTS) is 1. The molecule has 0 aliphatic carbocycles. The topological polar surface area (TPSA) is 123 Å². The van der Waals surface area contributed by atoms with Crippen molar-refractivity contribution in [2.45, 2.75) is 15.9 Å². The Balaban J connectivity index is 3.34. The van der Waals surface area contributed by atoms with Gasteiger partial charge < -0.3 is 16.6 Å². The predicted octanol–water partition coefficient (Wildman–Crippen LogP) is 0.177. The number of benzene rings is 1. The zero-order valence-corrected chi connectivity index (χ0v) is 10.7. The van der Waals surface area contributed by atoms with E-state index in [-0.39, 0.29) is 0 Å². The second-order valence-electron chi connectivity index (χ2n) is 3.92. The van der Waals surface area contributed by atoms with Gasteiger partial charge in [-0.2, -0.15) is 13.2 Å². The van der Waals surface area contributed by atoms with Gasteiger partial charge in [-0.3, -0.25) is 0 Å². The van der Waals surface area contributed by atoms with Crippen LogP contribution in [0.4, 0.5) is 13.2 Å². The molecule has 0 saturated carbocycles. The van der Waals surface area contributed by atoms with E-state index in [0.29, 0.717) is 24.3 Å². The Bertz CT molecular complexity index is 612. The van der Waals surface area contributed by atoms with Gasteiger partial charge in [0.05, 0.1) is 10.5 Å². The van der Waals surface area contributed by atoms with E-state index in [2.05, 4.69) is 0 Å². The predicted molar refractivity (Wildman–Crippen MR) is 62.2 cm³/mol. The Hall–Kier alpha value is -1.65. The monoisotopic (exact) mass is 312 g/mol. The number of nitrogens with two attached hydrogens (primary N) is 2. The van der Waals surface area contributed by atoms with Crippen LogP contribution in [0.2, 0.25) is 0 Å². The number of carbonyl (C=O) groups is 1. The lowest BCUT2D eigenvalue weighted by Gasteiger charge is -2.23. The van der Waals surface area contributed by atoms with Crippen LogP contribution in [0.1, 0.15) is 5.56 Å². The average molecular weight is 312 g/mol. The van der Waals surface area contributed by atoms with Crippen molar-refractivity contribution >= 4 is 15.8 Å². The van der Waals surface area contributed by atoms with E-state index in [4.69, 9.17) is 16.6 Å². The zero-order chi connectivity index (χ0) is 15.8. The Kier molecular flexibility index (Phi) is 4.13. The number of carboxylic acids is 1. The van der Waals surface area contributed by atoms with Gasteiger partial charge in [0.2, 0.25) is 14.7 Å². The standard InChI is InChI=1S/C10H11F3N2O4S/c11-10(12,13)6-1-3-7(4-2-6)20(18,19)9(15,5-14)8(16)17/h1-4H,5,14-15H2,(H,16,17). The summed E-state index contributed by atoms with van der Waals surface area (Å²) < 4.78 is 61.1. The van der Waals surface area contributed by atoms with Crippen LogP contribution in [-0.4, -0.2) is 30.9 Å². The van der Waals surface area contributed by atoms with Crippen molar-refractivity contribution < 1.29 is 31.5 Å². The largest absolute Gasteiger partial charge is 0.479 e. The second kappa shape index (κ2) is 5.04. The summed E-state index contributed by atoms with van der Waals surface area (Å²) in [4.78, 5) is 7.48. The number of halogens is 3. The van der Waals surface area contributed by atoms with Crippen LogP contribution in [0.25, 0.3) is 0 Å². The van der Waals surface area contributed by atoms with Crippen LogP contribution in [0.5, 0.6) is 0 Å². The first-order chi connectivity index (χ1) is 8.96. The molecule has 0 spiro atoms. The minimum atomic E-state index is -4.64. The smallest absolute Gasteiger partial charge is 0.416 e. The lowest BCUT2D eigenvalue weighted by molar-refractivity contribution is -0.140. The molecule has 0 saturated heterocycles. The van der Waals surface area contributed by atoms with E-state index in [0.717, 1.165) is 0 Å². The van der Waals surface area contributed by atoms with E-state index in [1.807, 2.05) is 0 Å². The molecule has 0 radical (unpaired) electrons. The fourth-order valence-corrected chi connectivity index (χ4v) is 2.71. The van der Waals surface area contributed by atoms with Crippen molar-refractivity contribution in [2.75, 3.05) is 6.54 Å². The highest BCUT2D eigenvalue weighted by Crippen LogP contribution is 2.31. The van der Waals surface area contributed by atoms with Crippen LogP contribution in [0.3, 0.4) is 0 Å². The lowest BCUT2D eigenvalue weighted by Crippen LogP contribution is -2.59. The van der Waals surface area contributed by atoms with Crippen molar-refractivity contribution in [3.05, 3.63) is 29.8 Å². The van der Waals surface area contributed by atoms with Gasteiger partial charge in [0.25, 0.3) is 0 Å². The average Bonchev–Trinajstić information content (AvgIpc) is 2.36. The van der Waals surface area contributed by atoms with Gasteiger partial charge >= 0.3 is 12.1 Å². The van der Waals surface area contributed by atoms with Crippen LogP contribution < -0.4 is 11.5 Å². The molecule has 1 atom stereocenters. The normalized spacial score (nSPS) is 15.7. The van der Waals surface area contributed by atoms with Gasteiger partial charge in [0, 0.05) is 6.54 Å². The third-order valence-electron chi connectivity index (χ3n) is 2.64. The summed E-state index contributed by atoms with van der Waals surface area (Å²) in [6.07, 6.45) is -4.64. The summed E-state index contributed by atoms with van der Waals surface area (Å²) in [6, 6.07) is 2.31. The Morgan fingerprint density at radius 3 is 1.95 bits per heavy atom. The molecule has 0 heterocycles. The van der Waals surface area contributed by atoms with Crippen LogP contribution in [-0.2, 0) is 20.8 Å². The molecule has 0 aliphatic heterocycles. The molecular formula is C10H11F3N2O4S. The molecule has 0 amide bonds. The molecule has 1 aromatic rings. The van der Waals surface area contributed by atoms with E-state index < -0.39 is 43.9 Å². The molecule has 112 valence electrons. The first kappa shape index (κ1) is 16.4. The highest BCUT2D eigenvalue weighted by Gasteiger charge is 2.47. The van der Waals surface area contributed by atoms with Crippen molar-refractivity contribution in [2.24, 2.45) is 11.5 Å². The Morgan fingerprint density at radius 2 is 1.65 bits per heavy atom. The van der Waals surface area contributed by atoms with Gasteiger partial charge in [-0.1, -0.05) is 0 Å². The van der Waals surface area contributed by atoms with E-state index in [1.54, 1.807) is 0 Å². The number of sulfone groups is 1. The van der Waals surface area contributed by atoms with Gasteiger partial charge in [0.15, 0.2) is 0 Å². The molecule has 20 heavy (non-hydrogen) atoms. The van der Waals surface area contributed by atoms with E-state index >= 15 is 0 Å². The minimum Gasteiger partial charge on any atom is -0.479 e. The third-order valence-corrected chi connectivity index (χ3v) is 4.83. The number of aliphatic carboxylic acids is 1. The maximum Gasteiger partial charge on any atom is 0.416 e. The molecule has 6 nitrogen and oxygen atoms in total. The van der Waals surface area contributed by atoms with Gasteiger partial charge in [-0.15, -0.1) is 0 Å².